The number of rotatable bonds is 5. The van der Waals surface area contributed by atoms with E-state index < -0.39 is 0 Å². The second-order valence-corrected chi connectivity index (χ2v) is 10.8. The van der Waals surface area contributed by atoms with E-state index in [4.69, 9.17) is 14.8 Å². The van der Waals surface area contributed by atoms with E-state index in [0.29, 0.717) is 29.4 Å². The number of pyridine rings is 3. The number of carbonyl (C=O) groups excluding carboxylic acids is 1. The number of anilines is 3. The van der Waals surface area contributed by atoms with Crippen LogP contribution in [0, 0.1) is 11.8 Å². The van der Waals surface area contributed by atoms with Gasteiger partial charge in [0.05, 0.1) is 30.6 Å². The summed E-state index contributed by atoms with van der Waals surface area (Å²) in [7, 11) is 3.98. The Morgan fingerprint density at radius 1 is 1.13 bits per heavy atom. The quantitative estimate of drug-likeness (QED) is 0.416. The van der Waals surface area contributed by atoms with Crippen molar-refractivity contribution in [2.75, 3.05) is 55.9 Å². The zero-order chi connectivity index (χ0) is 26.0. The first-order valence-corrected chi connectivity index (χ1v) is 13.2. The average Bonchev–Trinajstić information content (AvgIpc) is 3.59. The fourth-order valence-corrected chi connectivity index (χ4v) is 5.76. The minimum absolute atomic E-state index is 0.0194. The predicted molar refractivity (Wildman–Crippen MR) is 145 cm³/mol. The topological polar surface area (TPSA) is 113 Å². The summed E-state index contributed by atoms with van der Waals surface area (Å²) in [4.78, 5) is 31.2. The van der Waals surface area contributed by atoms with Crippen molar-refractivity contribution in [1.29, 1.82) is 0 Å². The van der Waals surface area contributed by atoms with Crippen LogP contribution in [-0.4, -0.2) is 87.9 Å². The molecule has 4 aromatic rings. The van der Waals surface area contributed by atoms with E-state index in [-0.39, 0.29) is 17.9 Å². The molecule has 4 atom stereocenters. The van der Waals surface area contributed by atoms with Crippen LogP contribution in [0.25, 0.3) is 27.8 Å². The molecule has 11 heteroatoms. The van der Waals surface area contributed by atoms with Crippen molar-refractivity contribution in [3.63, 3.8) is 0 Å². The minimum Gasteiger partial charge on any atom is -0.373 e. The van der Waals surface area contributed by atoms with Crippen LogP contribution < -0.4 is 15.5 Å². The van der Waals surface area contributed by atoms with Crippen molar-refractivity contribution in [3.8, 4) is 11.4 Å². The first-order valence-electron chi connectivity index (χ1n) is 13.2. The highest BCUT2D eigenvalue weighted by molar-refractivity contribution is 6.03. The largest absolute Gasteiger partial charge is 0.373 e. The number of aromatic nitrogens is 5. The van der Waals surface area contributed by atoms with E-state index in [9.17, 15) is 4.79 Å². The van der Waals surface area contributed by atoms with Gasteiger partial charge in [0, 0.05) is 61.3 Å². The first-order chi connectivity index (χ1) is 18.5. The number of ether oxygens (including phenoxy) is 1. The van der Waals surface area contributed by atoms with Gasteiger partial charge in [-0.1, -0.05) is 6.92 Å². The van der Waals surface area contributed by atoms with Crippen LogP contribution in [0.3, 0.4) is 0 Å². The molecule has 3 aliphatic heterocycles. The zero-order valence-electron chi connectivity index (χ0n) is 21.8. The molecule has 1 aliphatic carbocycles. The van der Waals surface area contributed by atoms with Gasteiger partial charge in [0.25, 0.3) is 0 Å². The molecular formula is C27H31N9O2. The van der Waals surface area contributed by atoms with Crippen molar-refractivity contribution < 1.29 is 9.53 Å². The molecule has 4 fully saturated rings. The molecule has 1 amide bonds. The summed E-state index contributed by atoms with van der Waals surface area (Å²) in [5.74, 6) is 2.31. The minimum atomic E-state index is 0.0194. The second-order valence-electron chi connectivity index (χ2n) is 10.8. The van der Waals surface area contributed by atoms with E-state index in [2.05, 4.69) is 50.4 Å². The van der Waals surface area contributed by atoms with Crippen LogP contribution in [0.5, 0.6) is 0 Å². The lowest BCUT2D eigenvalue weighted by Gasteiger charge is -2.37. The summed E-state index contributed by atoms with van der Waals surface area (Å²) in [6, 6.07) is 6.32. The maximum Gasteiger partial charge on any atom is 0.228 e. The standard InChI is InChI=1S/C27H31N9O2/c1-15-6-19(15)27(37)31-23-7-20-21(8-29-23)25(28-2)30-9-22(20)26-32-24-5-4-16(11-36(24)33-26)35-13-18-12-34(3)10-17(35)14-38-18/h4-5,7-9,11,15,17-19H,6,10,12-14H2,1-3H3,(H,28,30)(H,29,31,37)/t15-,17?,18?,19+/m1/s1. The predicted octanol–water partition coefficient (Wildman–Crippen LogP) is 2.49. The fraction of sp³-hybridized carbons (Fsp3) is 0.444. The van der Waals surface area contributed by atoms with Crippen molar-refractivity contribution in [1.82, 2.24) is 29.5 Å². The Balaban J connectivity index is 1.25. The van der Waals surface area contributed by atoms with Gasteiger partial charge < -0.3 is 25.2 Å². The van der Waals surface area contributed by atoms with Gasteiger partial charge in [-0.05, 0) is 37.6 Å². The molecular weight excluding hydrogens is 482 g/mol. The Labute approximate surface area is 220 Å². The number of hydrogen-bond donors (Lipinski definition) is 2. The molecule has 4 aromatic heterocycles. The van der Waals surface area contributed by atoms with Gasteiger partial charge >= 0.3 is 0 Å². The lowest BCUT2D eigenvalue weighted by molar-refractivity contribution is -0.117. The van der Waals surface area contributed by atoms with Gasteiger partial charge in [0.2, 0.25) is 5.91 Å². The van der Waals surface area contributed by atoms with Crippen LogP contribution in [0.1, 0.15) is 13.3 Å². The monoisotopic (exact) mass is 513 g/mol. The highest BCUT2D eigenvalue weighted by atomic mass is 16.5. The van der Waals surface area contributed by atoms with Gasteiger partial charge in [-0.2, -0.15) is 0 Å². The SMILES string of the molecule is CNc1ncc(-c2nc3ccc(N4CC5CN(C)CC4CO5)cn3n2)c2cc(NC(=O)[C@H]3C[C@H]3C)ncc12. The van der Waals surface area contributed by atoms with E-state index in [1.807, 2.05) is 29.9 Å². The van der Waals surface area contributed by atoms with E-state index in [1.165, 1.54) is 0 Å². The second kappa shape index (κ2) is 8.88. The molecule has 0 aromatic carbocycles. The molecule has 196 valence electrons. The maximum absolute atomic E-state index is 12.5. The van der Waals surface area contributed by atoms with Crippen LogP contribution in [0.2, 0.25) is 0 Å². The number of fused-ring (bicyclic) bond motifs is 6. The van der Waals surface area contributed by atoms with Crippen LogP contribution in [0.4, 0.5) is 17.3 Å². The molecule has 0 spiro atoms. The highest BCUT2D eigenvalue weighted by Gasteiger charge is 2.39. The summed E-state index contributed by atoms with van der Waals surface area (Å²) in [5.41, 5.74) is 2.65. The summed E-state index contributed by atoms with van der Waals surface area (Å²) in [6.45, 7) is 5.60. The van der Waals surface area contributed by atoms with E-state index in [1.54, 1.807) is 12.4 Å². The molecule has 2 unspecified atom stereocenters. The Bertz CT molecular complexity index is 1550. The van der Waals surface area contributed by atoms with Crippen molar-refractivity contribution >= 4 is 39.6 Å². The molecule has 2 N–H and O–H groups in total. The highest BCUT2D eigenvalue weighted by Crippen LogP contribution is 2.39. The molecule has 1 saturated carbocycles. The van der Waals surface area contributed by atoms with Gasteiger partial charge in [0.1, 0.15) is 11.6 Å². The van der Waals surface area contributed by atoms with Crippen LogP contribution in [0.15, 0.2) is 36.8 Å². The summed E-state index contributed by atoms with van der Waals surface area (Å²) in [6.07, 6.45) is 6.70. The summed E-state index contributed by atoms with van der Waals surface area (Å²) < 4.78 is 7.86. The van der Waals surface area contributed by atoms with Gasteiger partial charge in [-0.15, -0.1) is 5.10 Å². The Morgan fingerprint density at radius 3 is 2.82 bits per heavy atom. The molecule has 0 radical (unpaired) electrons. The third kappa shape index (κ3) is 4.02. The number of nitrogens with one attached hydrogen (secondary N) is 2. The first kappa shape index (κ1) is 23.3. The van der Waals surface area contributed by atoms with Crippen LogP contribution in [-0.2, 0) is 9.53 Å². The molecule has 4 aliphatic rings. The van der Waals surface area contributed by atoms with Gasteiger partial charge in [-0.25, -0.2) is 19.5 Å². The molecule has 8 rings (SSSR count). The molecule has 3 saturated heterocycles. The number of carbonyl (C=O) groups is 1. The smallest absolute Gasteiger partial charge is 0.228 e. The van der Waals surface area contributed by atoms with Gasteiger partial charge in [-0.3, -0.25) is 4.79 Å². The maximum atomic E-state index is 12.5. The third-order valence-electron chi connectivity index (χ3n) is 8.00. The molecule has 11 nitrogen and oxygen atoms in total. The zero-order valence-corrected chi connectivity index (χ0v) is 21.8. The molecule has 2 bridgehead atoms. The van der Waals surface area contributed by atoms with E-state index >= 15 is 0 Å². The Hall–Kier alpha value is -3.83. The number of morpholine rings is 1. The Morgan fingerprint density at radius 2 is 2.00 bits per heavy atom. The fourth-order valence-electron chi connectivity index (χ4n) is 5.76. The lowest BCUT2D eigenvalue weighted by Crippen LogP contribution is -2.49. The third-order valence-corrected chi connectivity index (χ3v) is 8.00. The Kier molecular flexibility index (Phi) is 5.45. The van der Waals surface area contributed by atoms with Crippen molar-refractivity contribution in [2.45, 2.75) is 25.5 Å². The number of likely N-dealkylation sites (N-methyl/N-ethyl adjacent to an activating group) is 1. The molecule has 38 heavy (non-hydrogen) atoms. The number of amides is 1. The lowest BCUT2D eigenvalue weighted by atomic mass is 10.1. The summed E-state index contributed by atoms with van der Waals surface area (Å²) in [5, 5.41) is 12.7. The molecule has 7 heterocycles. The number of nitrogens with zero attached hydrogens (tertiary/aromatic N) is 7. The van der Waals surface area contributed by atoms with Crippen molar-refractivity contribution in [3.05, 3.63) is 36.8 Å². The van der Waals surface area contributed by atoms with Crippen LogP contribution >= 0.6 is 0 Å². The number of hydrogen-bond acceptors (Lipinski definition) is 9. The average molecular weight is 514 g/mol. The van der Waals surface area contributed by atoms with E-state index in [0.717, 1.165) is 60.3 Å². The summed E-state index contributed by atoms with van der Waals surface area (Å²) >= 11 is 0. The normalized spacial score (nSPS) is 25.1. The van der Waals surface area contributed by atoms with Gasteiger partial charge in [0.15, 0.2) is 11.5 Å². The van der Waals surface area contributed by atoms with Crippen molar-refractivity contribution in [2.24, 2.45) is 11.8 Å².